The van der Waals surface area contributed by atoms with Crippen molar-refractivity contribution in [1.29, 1.82) is 0 Å². The van der Waals surface area contributed by atoms with Gasteiger partial charge in [0.15, 0.2) is 0 Å². The molecule has 0 fully saturated rings. The summed E-state index contributed by atoms with van der Waals surface area (Å²) < 4.78 is 1.66. The fourth-order valence-corrected chi connectivity index (χ4v) is 1.15. The summed E-state index contributed by atoms with van der Waals surface area (Å²) in [4.78, 5) is 14.8. The number of fused-ring (bicyclic) bond motifs is 1. The Morgan fingerprint density at radius 2 is 2.33 bits per heavy atom. The Morgan fingerprint density at radius 3 is 3.08 bits per heavy atom. The van der Waals surface area contributed by atoms with E-state index < -0.39 is 5.91 Å². The van der Waals surface area contributed by atoms with Crippen molar-refractivity contribution >= 4 is 11.4 Å². The lowest BCUT2D eigenvalue weighted by Gasteiger charge is -1.98. The van der Waals surface area contributed by atoms with Gasteiger partial charge in [0.2, 0.25) is 0 Å². The summed E-state index contributed by atoms with van der Waals surface area (Å²) in [5, 5.41) is 0. The minimum absolute atomic E-state index is 0.446. The zero-order chi connectivity index (χ0) is 8.55. The lowest BCUT2D eigenvalue weighted by atomic mass is 10.3. The van der Waals surface area contributed by atoms with E-state index in [9.17, 15) is 4.79 Å². The van der Waals surface area contributed by atoms with Crippen LogP contribution in [0.4, 0.5) is 0 Å². The molecule has 4 nitrogen and oxygen atoms in total. The van der Waals surface area contributed by atoms with Crippen LogP contribution >= 0.6 is 0 Å². The molecule has 1 amide bonds. The zero-order valence-corrected chi connectivity index (χ0v) is 6.27. The standard InChI is InChI=1S/C8H7N3O/c9-8(12)7-3-1-2-6-4-10-5-11(6)7/h1-5H,(H2,9,12). The third kappa shape index (κ3) is 0.852. The van der Waals surface area contributed by atoms with Crippen molar-refractivity contribution in [1.82, 2.24) is 9.38 Å². The van der Waals surface area contributed by atoms with E-state index in [0.717, 1.165) is 5.52 Å². The quantitative estimate of drug-likeness (QED) is 0.659. The Balaban J connectivity index is 2.82. The number of carbonyl (C=O) groups is 1. The first-order chi connectivity index (χ1) is 5.79. The summed E-state index contributed by atoms with van der Waals surface area (Å²) in [5.74, 6) is -0.446. The van der Waals surface area contributed by atoms with Crippen LogP contribution in [0.15, 0.2) is 30.7 Å². The van der Waals surface area contributed by atoms with Crippen LogP contribution in [0, 0.1) is 0 Å². The normalized spacial score (nSPS) is 10.3. The van der Waals surface area contributed by atoms with Crippen LogP contribution in [-0.2, 0) is 0 Å². The smallest absolute Gasteiger partial charge is 0.265 e. The first kappa shape index (κ1) is 6.84. The molecule has 2 aromatic heterocycles. The molecule has 0 aliphatic carbocycles. The summed E-state index contributed by atoms with van der Waals surface area (Å²) in [7, 11) is 0. The van der Waals surface area contributed by atoms with E-state index in [1.807, 2.05) is 6.07 Å². The van der Waals surface area contributed by atoms with E-state index in [1.165, 1.54) is 0 Å². The number of imidazole rings is 1. The van der Waals surface area contributed by atoms with Crippen LogP contribution in [0.5, 0.6) is 0 Å². The second-order valence-corrected chi connectivity index (χ2v) is 2.46. The lowest BCUT2D eigenvalue weighted by molar-refractivity contribution is 0.0994. The van der Waals surface area contributed by atoms with Crippen molar-refractivity contribution in [3.63, 3.8) is 0 Å². The molecule has 2 N–H and O–H groups in total. The molecule has 0 unspecified atom stereocenters. The van der Waals surface area contributed by atoms with E-state index in [2.05, 4.69) is 4.98 Å². The van der Waals surface area contributed by atoms with Gasteiger partial charge in [0.25, 0.3) is 5.91 Å². The van der Waals surface area contributed by atoms with Gasteiger partial charge in [0, 0.05) is 0 Å². The van der Waals surface area contributed by atoms with Gasteiger partial charge in [-0.3, -0.25) is 9.20 Å². The first-order valence-electron chi connectivity index (χ1n) is 3.50. The highest BCUT2D eigenvalue weighted by molar-refractivity contribution is 5.91. The number of amides is 1. The van der Waals surface area contributed by atoms with Crippen molar-refractivity contribution in [2.45, 2.75) is 0 Å². The average molecular weight is 161 g/mol. The highest BCUT2D eigenvalue weighted by Gasteiger charge is 2.03. The molecule has 0 aromatic carbocycles. The van der Waals surface area contributed by atoms with Crippen LogP contribution in [0.1, 0.15) is 10.5 Å². The van der Waals surface area contributed by atoms with Crippen LogP contribution in [0.2, 0.25) is 0 Å². The minimum atomic E-state index is -0.446. The van der Waals surface area contributed by atoms with Crippen molar-refractivity contribution in [3.8, 4) is 0 Å². The molecule has 60 valence electrons. The van der Waals surface area contributed by atoms with E-state index in [1.54, 1.807) is 29.1 Å². The maximum atomic E-state index is 10.9. The van der Waals surface area contributed by atoms with Crippen LogP contribution in [-0.4, -0.2) is 15.3 Å². The number of rotatable bonds is 1. The minimum Gasteiger partial charge on any atom is -0.364 e. The van der Waals surface area contributed by atoms with Crippen molar-refractivity contribution < 1.29 is 4.79 Å². The van der Waals surface area contributed by atoms with Gasteiger partial charge in [-0.1, -0.05) is 6.07 Å². The van der Waals surface area contributed by atoms with Gasteiger partial charge in [-0.2, -0.15) is 0 Å². The summed E-state index contributed by atoms with van der Waals surface area (Å²) in [6.07, 6.45) is 3.24. The summed E-state index contributed by atoms with van der Waals surface area (Å²) >= 11 is 0. The fourth-order valence-electron chi connectivity index (χ4n) is 1.15. The second kappa shape index (κ2) is 2.34. The summed E-state index contributed by atoms with van der Waals surface area (Å²) in [6, 6.07) is 5.30. The molecule has 0 saturated carbocycles. The summed E-state index contributed by atoms with van der Waals surface area (Å²) in [5.41, 5.74) is 6.47. The number of hydrogen-bond acceptors (Lipinski definition) is 2. The predicted octanol–water partition coefficient (Wildman–Crippen LogP) is 0.433. The molecule has 0 saturated heterocycles. The molecular formula is C8H7N3O. The zero-order valence-electron chi connectivity index (χ0n) is 6.27. The first-order valence-corrected chi connectivity index (χ1v) is 3.50. The van der Waals surface area contributed by atoms with Crippen LogP contribution < -0.4 is 5.73 Å². The van der Waals surface area contributed by atoms with Crippen LogP contribution in [0.25, 0.3) is 5.52 Å². The monoisotopic (exact) mass is 161 g/mol. The Hall–Kier alpha value is -1.84. The van der Waals surface area contributed by atoms with Gasteiger partial charge in [-0.05, 0) is 12.1 Å². The number of hydrogen-bond donors (Lipinski definition) is 1. The number of nitrogens with two attached hydrogens (primary N) is 1. The van der Waals surface area contributed by atoms with E-state index >= 15 is 0 Å². The van der Waals surface area contributed by atoms with E-state index in [4.69, 9.17) is 5.73 Å². The molecular weight excluding hydrogens is 154 g/mol. The molecule has 0 bridgehead atoms. The third-order valence-electron chi connectivity index (χ3n) is 1.70. The largest absolute Gasteiger partial charge is 0.364 e. The predicted molar refractivity (Wildman–Crippen MR) is 43.7 cm³/mol. The number of pyridine rings is 1. The fraction of sp³-hybridized carbons (Fsp3) is 0. The molecule has 2 aromatic rings. The van der Waals surface area contributed by atoms with E-state index in [0.29, 0.717) is 5.69 Å². The Bertz CT molecular complexity index is 433. The Labute approximate surface area is 68.6 Å². The highest BCUT2D eigenvalue weighted by atomic mass is 16.1. The lowest BCUT2D eigenvalue weighted by Crippen LogP contribution is -2.14. The van der Waals surface area contributed by atoms with Gasteiger partial charge in [0.05, 0.1) is 18.0 Å². The molecule has 0 aliphatic heterocycles. The molecule has 2 rings (SSSR count). The molecule has 0 aliphatic rings. The van der Waals surface area contributed by atoms with Gasteiger partial charge in [-0.25, -0.2) is 4.98 Å². The molecule has 0 radical (unpaired) electrons. The second-order valence-electron chi connectivity index (χ2n) is 2.46. The van der Waals surface area contributed by atoms with Crippen molar-refractivity contribution in [2.75, 3.05) is 0 Å². The van der Waals surface area contributed by atoms with Gasteiger partial charge in [-0.15, -0.1) is 0 Å². The number of aromatic nitrogens is 2. The molecule has 0 atom stereocenters. The van der Waals surface area contributed by atoms with Crippen molar-refractivity contribution in [2.24, 2.45) is 5.73 Å². The molecule has 2 heterocycles. The van der Waals surface area contributed by atoms with Gasteiger partial charge in [0.1, 0.15) is 5.69 Å². The SMILES string of the molecule is NC(=O)c1cccc2cncn12. The number of nitrogens with zero attached hydrogens (tertiary/aromatic N) is 2. The average Bonchev–Trinajstić information content (AvgIpc) is 2.49. The highest BCUT2D eigenvalue weighted by Crippen LogP contribution is 2.05. The number of primary amides is 1. The maximum Gasteiger partial charge on any atom is 0.265 e. The van der Waals surface area contributed by atoms with Crippen molar-refractivity contribution in [3.05, 3.63) is 36.4 Å². The van der Waals surface area contributed by atoms with Gasteiger partial charge < -0.3 is 5.73 Å². The molecule has 12 heavy (non-hydrogen) atoms. The Morgan fingerprint density at radius 1 is 1.50 bits per heavy atom. The molecule has 0 spiro atoms. The van der Waals surface area contributed by atoms with E-state index in [-0.39, 0.29) is 0 Å². The van der Waals surface area contributed by atoms with Gasteiger partial charge >= 0.3 is 0 Å². The molecule has 4 heteroatoms. The maximum absolute atomic E-state index is 10.9. The van der Waals surface area contributed by atoms with Crippen LogP contribution in [0.3, 0.4) is 0 Å². The summed E-state index contributed by atoms with van der Waals surface area (Å²) in [6.45, 7) is 0. The Kier molecular flexibility index (Phi) is 1.33. The third-order valence-corrected chi connectivity index (χ3v) is 1.70. The number of carbonyl (C=O) groups excluding carboxylic acids is 1. The topological polar surface area (TPSA) is 60.4 Å².